The van der Waals surface area contributed by atoms with Crippen LogP contribution in [0.4, 0.5) is 15.8 Å². The van der Waals surface area contributed by atoms with E-state index in [-0.39, 0.29) is 11.7 Å². The number of anilines is 2. The Morgan fingerprint density at radius 2 is 1.81 bits per heavy atom. The third-order valence-corrected chi connectivity index (χ3v) is 6.51. The number of aryl methyl sites for hydroxylation is 2. The van der Waals surface area contributed by atoms with Gasteiger partial charge in [0, 0.05) is 31.5 Å². The van der Waals surface area contributed by atoms with Crippen LogP contribution in [0.5, 0.6) is 0 Å². The van der Waals surface area contributed by atoms with E-state index in [0.29, 0.717) is 12.1 Å². The molecule has 6 nitrogen and oxygen atoms in total. The van der Waals surface area contributed by atoms with Crippen molar-refractivity contribution >= 4 is 23.2 Å². The topological polar surface area (TPSA) is 64.7 Å². The fraction of sp³-hybridized carbons (Fsp3) is 0.440. The molecule has 170 valence electrons. The smallest absolute Gasteiger partial charge is 0.313 e. The molecule has 0 aromatic heterocycles. The Morgan fingerprint density at radius 3 is 2.56 bits per heavy atom. The summed E-state index contributed by atoms with van der Waals surface area (Å²) in [5, 5.41) is 5.27. The van der Waals surface area contributed by atoms with E-state index in [0.717, 1.165) is 45.3 Å². The van der Waals surface area contributed by atoms with Gasteiger partial charge in [0.25, 0.3) is 0 Å². The largest absolute Gasteiger partial charge is 0.374 e. The normalized spacial score (nSPS) is 17.0. The maximum absolute atomic E-state index is 13.7. The fourth-order valence-corrected chi connectivity index (χ4v) is 4.65. The summed E-state index contributed by atoms with van der Waals surface area (Å²) >= 11 is 0. The maximum atomic E-state index is 13.7. The van der Waals surface area contributed by atoms with E-state index in [1.54, 1.807) is 19.1 Å². The number of benzene rings is 2. The lowest BCUT2D eigenvalue weighted by Crippen LogP contribution is -2.41. The van der Waals surface area contributed by atoms with Gasteiger partial charge in [0.1, 0.15) is 5.82 Å². The Kier molecular flexibility index (Phi) is 6.74. The van der Waals surface area contributed by atoms with Crippen molar-refractivity contribution in [2.24, 2.45) is 0 Å². The van der Waals surface area contributed by atoms with Crippen LogP contribution in [0.25, 0.3) is 0 Å². The zero-order valence-corrected chi connectivity index (χ0v) is 18.8. The highest BCUT2D eigenvalue weighted by Crippen LogP contribution is 2.31. The first-order valence-electron chi connectivity index (χ1n) is 11.4. The molecule has 0 saturated carbocycles. The van der Waals surface area contributed by atoms with Crippen LogP contribution in [-0.4, -0.2) is 49.9 Å². The molecule has 0 radical (unpaired) electrons. The maximum Gasteiger partial charge on any atom is 0.313 e. The summed E-state index contributed by atoms with van der Waals surface area (Å²) in [5.74, 6) is -1.93. The van der Waals surface area contributed by atoms with Gasteiger partial charge in [0.2, 0.25) is 0 Å². The van der Waals surface area contributed by atoms with Crippen molar-refractivity contribution in [3.05, 3.63) is 58.9 Å². The second kappa shape index (κ2) is 9.69. The van der Waals surface area contributed by atoms with Gasteiger partial charge in [-0.15, -0.1) is 0 Å². The molecule has 32 heavy (non-hydrogen) atoms. The standard InChI is InChI=1S/C25H31FN4O2/c1-17-7-9-20(15-21(17)26)28-25(32)24(31)27-16-23(30-12-3-4-13-30)19-8-10-22-18(14-19)6-5-11-29(22)2/h7-10,14-15,23H,3-6,11-13,16H2,1-2H3,(H,27,31)(H,28,32). The van der Waals surface area contributed by atoms with Crippen LogP contribution in [0.2, 0.25) is 0 Å². The Balaban J connectivity index is 1.44. The zero-order valence-electron chi connectivity index (χ0n) is 18.8. The lowest BCUT2D eigenvalue weighted by atomic mass is 9.96. The number of fused-ring (bicyclic) bond motifs is 1. The molecule has 1 saturated heterocycles. The predicted molar refractivity (Wildman–Crippen MR) is 124 cm³/mol. The van der Waals surface area contributed by atoms with E-state index < -0.39 is 17.6 Å². The van der Waals surface area contributed by atoms with Crippen molar-refractivity contribution in [1.82, 2.24) is 10.2 Å². The summed E-state index contributed by atoms with van der Waals surface area (Å²) in [4.78, 5) is 29.5. The number of amides is 2. The predicted octanol–water partition coefficient (Wildman–Crippen LogP) is 3.41. The molecule has 2 aliphatic heterocycles. The lowest BCUT2D eigenvalue weighted by Gasteiger charge is -2.31. The van der Waals surface area contributed by atoms with Crippen LogP contribution in [0.15, 0.2) is 36.4 Å². The molecule has 1 unspecified atom stereocenters. The molecule has 2 aromatic rings. The van der Waals surface area contributed by atoms with Crippen molar-refractivity contribution in [2.75, 3.05) is 43.4 Å². The summed E-state index contributed by atoms with van der Waals surface area (Å²) in [5.41, 5.74) is 4.53. The van der Waals surface area contributed by atoms with E-state index in [2.05, 4.69) is 45.7 Å². The minimum Gasteiger partial charge on any atom is -0.374 e. The average Bonchev–Trinajstić information content (AvgIpc) is 3.31. The van der Waals surface area contributed by atoms with Crippen LogP contribution in [-0.2, 0) is 16.0 Å². The van der Waals surface area contributed by atoms with E-state index in [1.807, 2.05) is 0 Å². The van der Waals surface area contributed by atoms with E-state index >= 15 is 0 Å². The Labute approximate surface area is 188 Å². The number of carbonyl (C=O) groups is 2. The molecule has 4 rings (SSSR count). The zero-order chi connectivity index (χ0) is 22.7. The SMILES string of the molecule is Cc1ccc(NC(=O)C(=O)NCC(c2ccc3c(c2)CCCN3C)N2CCCC2)cc1F. The van der Waals surface area contributed by atoms with E-state index in [4.69, 9.17) is 0 Å². The molecular weight excluding hydrogens is 407 g/mol. The Hall–Kier alpha value is -2.93. The first-order chi connectivity index (χ1) is 15.4. The van der Waals surface area contributed by atoms with Gasteiger partial charge in [-0.3, -0.25) is 14.5 Å². The number of nitrogens with one attached hydrogen (secondary N) is 2. The molecule has 2 amide bonds. The number of hydrogen-bond acceptors (Lipinski definition) is 4. The van der Waals surface area contributed by atoms with Gasteiger partial charge in [0.15, 0.2) is 0 Å². The van der Waals surface area contributed by atoms with Crippen LogP contribution in [0.1, 0.15) is 42.0 Å². The minimum absolute atomic E-state index is 0.0172. The van der Waals surface area contributed by atoms with Crippen LogP contribution >= 0.6 is 0 Å². The molecular formula is C25H31FN4O2. The molecule has 1 fully saturated rings. The van der Waals surface area contributed by atoms with Crippen LogP contribution < -0.4 is 15.5 Å². The van der Waals surface area contributed by atoms with Gasteiger partial charge in [-0.25, -0.2) is 4.39 Å². The molecule has 0 aliphatic carbocycles. The number of carbonyl (C=O) groups excluding carboxylic acids is 2. The summed E-state index contributed by atoms with van der Waals surface area (Å²) in [6.07, 6.45) is 4.47. The Morgan fingerprint density at radius 1 is 1.03 bits per heavy atom. The highest BCUT2D eigenvalue weighted by Gasteiger charge is 2.26. The second-order valence-electron chi connectivity index (χ2n) is 8.80. The lowest BCUT2D eigenvalue weighted by molar-refractivity contribution is -0.136. The van der Waals surface area contributed by atoms with Crippen molar-refractivity contribution in [3.8, 4) is 0 Å². The molecule has 2 heterocycles. The number of hydrogen-bond donors (Lipinski definition) is 2. The number of rotatable bonds is 5. The quantitative estimate of drug-likeness (QED) is 0.703. The molecule has 2 N–H and O–H groups in total. The number of halogens is 1. The number of likely N-dealkylation sites (tertiary alicyclic amines) is 1. The number of nitrogens with zero attached hydrogens (tertiary/aromatic N) is 2. The van der Waals surface area contributed by atoms with Gasteiger partial charge >= 0.3 is 11.8 Å². The minimum atomic E-state index is -0.791. The summed E-state index contributed by atoms with van der Waals surface area (Å²) in [6, 6.07) is 11.0. The van der Waals surface area contributed by atoms with Gasteiger partial charge in [-0.2, -0.15) is 0 Å². The van der Waals surface area contributed by atoms with E-state index in [1.165, 1.54) is 22.9 Å². The fourth-order valence-electron chi connectivity index (χ4n) is 4.65. The van der Waals surface area contributed by atoms with E-state index in [9.17, 15) is 14.0 Å². The van der Waals surface area contributed by atoms with Gasteiger partial charge in [-0.1, -0.05) is 18.2 Å². The monoisotopic (exact) mass is 438 g/mol. The molecule has 0 spiro atoms. The molecule has 7 heteroatoms. The third-order valence-electron chi connectivity index (χ3n) is 6.51. The van der Waals surface area contributed by atoms with Gasteiger partial charge < -0.3 is 15.5 Å². The van der Waals surface area contributed by atoms with Crippen molar-refractivity contribution in [3.63, 3.8) is 0 Å². The van der Waals surface area contributed by atoms with Crippen LogP contribution in [0.3, 0.4) is 0 Å². The average molecular weight is 439 g/mol. The summed E-state index contributed by atoms with van der Waals surface area (Å²) in [7, 11) is 2.12. The third kappa shape index (κ3) is 4.93. The van der Waals surface area contributed by atoms with Crippen molar-refractivity contribution in [1.29, 1.82) is 0 Å². The highest BCUT2D eigenvalue weighted by atomic mass is 19.1. The van der Waals surface area contributed by atoms with Gasteiger partial charge in [0.05, 0.1) is 6.04 Å². The summed E-state index contributed by atoms with van der Waals surface area (Å²) in [6.45, 7) is 5.02. The van der Waals surface area contributed by atoms with Crippen molar-refractivity contribution < 1.29 is 14.0 Å². The molecule has 0 bridgehead atoms. The van der Waals surface area contributed by atoms with Gasteiger partial charge in [-0.05, 0) is 80.6 Å². The van der Waals surface area contributed by atoms with Crippen LogP contribution in [0, 0.1) is 12.7 Å². The van der Waals surface area contributed by atoms with Crippen molar-refractivity contribution in [2.45, 2.75) is 38.6 Å². The summed E-state index contributed by atoms with van der Waals surface area (Å²) < 4.78 is 13.7. The Bertz CT molecular complexity index is 1000. The molecule has 1 atom stereocenters. The highest BCUT2D eigenvalue weighted by molar-refractivity contribution is 6.39. The molecule has 2 aromatic carbocycles. The first kappa shape index (κ1) is 22.3. The molecule has 2 aliphatic rings. The second-order valence-corrected chi connectivity index (χ2v) is 8.80. The first-order valence-corrected chi connectivity index (χ1v) is 11.4.